The predicted octanol–water partition coefficient (Wildman–Crippen LogP) is 2.66. The van der Waals surface area contributed by atoms with Gasteiger partial charge < -0.3 is 20.5 Å². The lowest BCUT2D eigenvalue weighted by Crippen LogP contribution is -2.30. The molecule has 0 radical (unpaired) electrons. The first-order chi connectivity index (χ1) is 10.2. The molecule has 0 fully saturated rings. The molecule has 0 aliphatic rings. The molecule has 0 heterocycles. The summed E-state index contributed by atoms with van der Waals surface area (Å²) in [5.41, 5.74) is 8.48. The number of para-hydroxylation sites is 2. The number of hydrogen-bond donors (Lipinski definition) is 2. The summed E-state index contributed by atoms with van der Waals surface area (Å²) in [5.74, 6) is 1.61. The third-order valence-electron chi connectivity index (χ3n) is 3.64. The summed E-state index contributed by atoms with van der Waals surface area (Å²) in [4.78, 5) is 0. The van der Waals surface area contributed by atoms with Crippen LogP contribution >= 0.6 is 0 Å². The predicted molar refractivity (Wildman–Crippen MR) is 84.7 cm³/mol. The highest BCUT2D eigenvalue weighted by Crippen LogP contribution is 2.35. The minimum absolute atomic E-state index is 0.0718. The van der Waals surface area contributed by atoms with Crippen molar-refractivity contribution < 1.29 is 9.47 Å². The zero-order valence-corrected chi connectivity index (χ0v) is 12.7. The molecule has 0 aromatic heterocycles. The van der Waals surface area contributed by atoms with Crippen molar-refractivity contribution in [3.63, 3.8) is 0 Å². The van der Waals surface area contributed by atoms with Crippen LogP contribution in [0, 0.1) is 0 Å². The Labute approximate surface area is 125 Å². The fraction of sp³-hybridized carbons (Fsp3) is 0.294. The van der Waals surface area contributed by atoms with Crippen molar-refractivity contribution in [2.24, 2.45) is 5.73 Å². The monoisotopic (exact) mass is 286 g/mol. The molecule has 4 heteroatoms. The van der Waals surface area contributed by atoms with Crippen LogP contribution in [0.15, 0.2) is 48.5 Å². The van der Waals surface area contributed by atoms with Gasteiger partial charge in [-0.2, -0.15) is 0 Å². The lowest BCUT2D eigenvalue weighted by atomic mass is 9.93. The van der Waals surface area contributed by atoms with Crippen molar-refractivity contribution in [2.45, 2.75) is 12.1 Å². The molecule has 0 amide bonds. The first-order valence-electron chi connectivity index (χ1n) is 6.91. The summed E-state index contributed by atoms with van der Waals surface area (Å²) in [6, 6.07) is 15.4. The Kier molecular flexibility index (Phi) is 5.20. The van der Waals surface area contributed by atoms with E-state index in [2.05, 4.69) is 5.32 Å². The summed E-state index contributed by atoms with van der Waals surface area (Å²) < 4.78 is 10.9. The zero-order valence-electron chi connectivity index (χ0n) is 12.7. The van der Waals surface area contributed by atoms with Crippen molar-refractivity contribution in [2.75, 3.05) is 21.3 Å². The number of nitrogens with two attached hydrogens (primary N) is 1. The molecule has 0 aliphatic heterocycles. The molecule has 112 valence electrons. The van der Waals surface area contributed by atoms with Gasteiger partial charge in [0.05, 0.1) is 26.3 Å². The van der Waals surface area contributed by atoms with E-state index in [1.165, 1.54) is 0 Å². The highest BCUT2D eigenvalue weighted by molar-refractivity contribution is 5.42. The van der Waals surface area contributed by atoms with Gasteiger partial charge in [0, 0.05) is 11.1 Å². The topological polar surface area (TPSA) is 56.5 Å². The Hall–Kier alpha value is -2.04. The number of nitrogens with one attached hydrogen (secondary N) is 1. The Morgan fingerprint density at radius 2 is 1.33 bits per heavy atom. The van der Waals surface area contributed by atoms with Crippen LogP contribution in [-0.2, 0) is 0 Å². The van der Waals surface area contributed by atoms with Gasteiger partial charge in [-0.3, -0.25) is 0 Å². The summed E-state index contributed by atoms with van der Waals surface area (Å²) >= 11 is 0. The molecule has 0 saturated carbocycles. The van der Waals surface area contributed by atoms with Crippen LogP contribution in [0.5, 0.6) is 11.5 Å². The van der Waals surface area contributed by atoms with E-state index in [1.54, 1.807) is 14.2 Å². The highest BCUT2D eigenvalue weighted by Gasteiger charge is 2.24. The van der Waals surface area contributed by atoms with Gasteiger partial charge in [-0.15, -0.1) is 0 Å². The Morgan fingerprint density at radius 1 is 0.857 bits per heavy atom. The number of ether oxygens (including phenoxy) is 2. The fourth-order valence-corrected chi connectivity index (χ4v) is 2.57. The lowest BCUT2D eigenvalue weighted by Gasteiger charge is -2.26. The first-order valence-corrected chi connectivity index (χ1v) is 6.91. The zero-order chi connectivity index (χ0) is 15.2. The molecular weight excluding hydrogens is 264 g/mol. The van der Waals surface area contributed by atoms with Crippen molar-refractivity contribution >= 4 is 0 Å². The lowest BCUT2D eigenvalue weighted by molar-refractivity contribution is 0.380. The van der Waals surface area contributed by atoms with Gasteiger partial charge in [0.2, 0.25) is 0 Å². The van der Waals surface area contributed by atoms with Crippen molar-refractivity contribution in [3.8, 4) is 11.5 Å². The van der Waals surface area contributed by atoms with E-state index >= 15 is 0 Å². The number of methoxy groups -OCH3 is 2. The van der Waals surface area contributed by atoms with Gasteiger partial charge >= 0.3 is 0 Å². The van der Waals surface area contributed by atoms with Gasteiger partial charge in [0.1, 0.15) is 11.5 Å². The quantitative estimate of drug-likeness (QED) is 0.857. The maximum absolute atomic E-state index is 6.48. The largest absolute Gasteiger partial charge is 0.496 e. The van der Waals surface area contributed by atoms with Crippen molar-refractivity contribution in [1.29, 1.82) is 0 Å². The van der Waals surface area contributed by atoms with Crippen LogP contribution in [0.2, 0.25) is 0 Å². The van der Waals surface area contributed by atoms with Crippen LogP contribution < -0.4 is 20.5 Å². The average Bonchev–Trinajstić information content (AvgIpc) is 2.55. The number of hydrogen-bond acceptors (Lipinski definition) is 4. The summed E-state index contributed by atoms with van der Waals surface area (Å²) in [7, 11) is 5.22. The second-order valence-electron chi connectivity index (χ2n) is 4.78. The Bertz CT molecular complexity index is 587. The van der Waals surface area contributed by atoms with Crippen LogP contribution in [0.1, 0.15) is 23.2 Å². The number of likely N-dealkylation sites (N-methyl/N-ethyl adjacent to an activating group) is 1. The van der Waals surface area contributed by atoms with Crippen LogP contribution in [0.25, 0.3) is 0 Å². The molecule has 0 spiro atoms. The van der Waals surface area contributed by atoms with E-state index in [9.17, 15) is 0 Å². The molecule has 2 aromatic rings. The third kappa shape index (κ3) is 3.17. The number of rotatable bonds is 6. The minimum atomic E-state index is -0.248. The van der Waals surface area contributed by atoms with E-state index in [0.29, 0.717) is 0 Å². The van der Waals surface area contributed by atoms with Gasteiger partial charge in [0.15, 0.2) is 0 Å². The number of benzene rings is 2. The molecular formula is C17H22N2O2. The van der Waals surface area contributed by atoms with E-state index in [1.807, 2.05) is 55.6 Å². The molecule has 0 aliphatic carbocycles. The van der Waals surface area contributed by atoms with Crippen LogP contribution in [0.4, 0.5) is 0 Å². The van der Waals surface area contributed by atoms with E-state index in [0.717, 1.165) is 22.6 Å². The van der Waals surface area contributed by atoms with Gasteiger partial charge in [-0.1, -0.05) is 36.4 Å². The summed E-state index contributed by atoms with van der Waals surface area (Å²) in [6.45, 7) is 0. The van der Waals surface area contributed by atoms with Gasteiger partial charge in [-0.25, -0.2) is 0 Å². The minimum Gasteiger partial charge on any atom is -0.496 e. The summed E-state index contributed by atoms with van der Waals surface area (Å²) in [6.07, 6.45) is 0. The average molecular weight is 286 g/mol. The Balaban J connectivity index is 2.41. The normalized spacial score (nSPS) is 13.5. The molecule has 0 unspecified atom stereocenters. The molecule has 0 saturated heterocycles. The van der Waals surface area contributed by atoms with Gasteiger partial charge in [0.25, 0.3) is 0 Å². The highest BCUT2D eigenvalue weighted by atomic mass is 16.5. The maximum atomic E-state index is 6.48. The molecule has 0 bridgehead atoms. The van der Waals surface area contributed by atoms with Crippen LogP contribution in [-0.4, -0.2) is 21.3 Å². The molecule has 2 rings (SSSR count). The van der Waals surface area contributed by atoms with E-state index in [4.69, 9.17) is 15.2 Å². The second-order valence-corrected chi connectivity index (χ2v) is 4.78. The molecule has 21 heavy (non-hydrogen) atoms. The Morgan fingerprint density at radius 3 is 1.86 bits per heavy atom. The fourth-order valence-electron chi connectivity index (χ4n) is 2.57. The summed E-state index contributed by atoms with van der Waals surface area (Å²) in [5, 5.41) is 3.28. The standard InChI is InChI=1S/C17H22N2O2/c1-19-17(13-9-5-7-11-15(13)21-3)16(18)12-8-4-6-10-14(12)20-2/h4-11,16-17,19H,18H2,1-3H3/t16-,17-/m0/s1. The van der Waals surface area contributed by atoms with E-state index in [-0.39, 0.29) is 12.1 Å². The molecule has 4 nitrogen and oxygen atoms in total. The van der Waals surface area contributed by atoms with Crippen molar-refractivity contribution in [1.82, 2.24) is 5.32 Å². The van der Waals surface area contributed by atoms with Gasteiger partial charge in [-0.05, 0) is 19.2 Å². The smallest absolute Gasteiger partial charge is 0.123 e. The van der Waals surface area contributed by atoms with Crippen LogP contribution in [0.3, 0.4) is 0 Å². The molecule has 2 aromatic carbocycles. The van der Waals surface area contributed by atoms with Crippen molar-refractivity contribution in [3.05, 3.63) is 59.7 Å². The maximum Gasteiger partial charge on any atom is 0.123 e. The molecule has 2 atom stereocenters. The second kappa shape index (κ2) is 7.11. The molecule has 3 N–H and O–H groups in total. The van der Waals surface area contributed by atoms with E-state index < -0.39 is 0 Å². The first kappa shape index (κ1) is 15.4. The third-order valence-corrected chi connectivity index (χ3v) is 3.64. The SMILES string of the molecule is CN[C@@H](c1ccccc1OC)[C@@H](N)c1ccccc1OC.